The molecule has 0 aromatic heterocycles. The predicted octanol–water partition coefficient (Wildman–Crippen LogP) is 0.677. The van der Waals surface area contributed by atoms with Crippen LogP contribution in [-0.4, -0.2) is 18.6 Å². The van der Waals surface area contributed by atoms with Crippen LogP contribution in [0.1, 0.15) is 26.2 Å². The van der Waals surface area contributed by atoms with Crippen LogP contribution in [0.4, 0.5) is 0 Å². The van der Waals surface area contributed by atoms with E-state index < -0.39 is 0 Å². The van der Waals surface area contributed by atoms with Crippen LogP contribution < -0.4 is 5.73 Å². The molecular weight excluding hydrogens is 142 g/mol. The number of carbonyl (C=O) groups excluding carboxylic acids is 1. The SMILES string of the molecule is CCCOC(=O)C(N)C1CC1. The Labute approximate surface area is 66.9 Å². The molecule has 0 bridgehead atoms. The minimum atomic E-state index is -0.360. The zero-order valence-corrected chi connectivity index (χ0v) is 6.88. The molecule has 0 amide bonds. The average molecular weight is 157 g/mol. The van der Waals surface area contributed by atoms with Crippen molar-refractivity contribution in [1.29, 1.82) is 0 Å². The summed E-state index contributed by atoms with van der Waals surface area (Å²) in [5.41, 5.74) is 5.59. The molecule has 3 nitrogen and oxygen atoms in total. The lowest BCUT2D eigenvalue weighted by Crippen LogP contribution is -2.34. The van der Waals surface area contributed by atoms with Crippen LogP contribution in [0.3, 0.4) is 0 Å². The number of nitrogens with two attached hydrogens (primary N) is 1. The van der Waals surface area contributed by atoms with Crippen molar-refractivity contribution in [2.24, 2.45) is 11.7 Å². The maximum Gasteiger partial charge on any atom is 0.323 e. The van der Waals surface area contributed by atoms with Gasteiger partial charge >= 0.3 is 5.97 Å². The van der Waals surface area contributed by atoms with Gasteiger partial charge in [-0.1, -0.05) is 6.92 Å². The molecule has 1 aliphatic carbocycles. The van der Waals surface area contributed by atoms with E-state index in [1.165, 1.54) is 0 Å². The summed E-state index contributed by atoms with van der Waals surface area (Å²) in [6.07, 6.45) is 3.04. The summed E-state index contributed by atoms with van der Waals surface area (Å²) in [5.74, 6) is 0.175. The van der Waals surface area contributed by atoms with Gasteiger partial charge in [0.15, 0.2) is 0 Å². The zero-order valence-electron chi connectivity index (χ0n) is 6.88. The number of carbonyl (C=O) groups is 1. The fourth-order valence-electron chi connectivity index (χ4n) is 0.947. The van der Waals surface area contributed by atoms with Gasteiger partial charge in [-0.15, -0.1) is 0 Å². The van der Waals surface area contributed by atoms with Crippen LogP contribution in [0.25, 0.3) is 0 Å². The summed E-state index contributed by atoms with van der Waals surface area (Å²) in [6.45, 7) is 2.47. The largest absolute Gasteiger partial charge is 0.465 e. The first-order chi connectivity index (χ1) is 5.25. The number of hydrogen-bond donors (Lipinski definition) is 1. The van der Waals surface area contributed by atoms with Crippen molar-refractivity contribution in [3.8, 4) is 0 Å². The molecule has 1 atom stereocenters. The molecule has 2 N–H and O–H groups in total. The summed E-state index contributed by atoms with van der Waals surface area (Å²) in [4.78, 5) is 11.0. The summed E-state index contributed by atoms with van der Waals surface area (Å²) in [5, 5.41) is 0. The lowest BCUT2D eigenvalue weighted by atomic mass is 10.2. The van der Waals surface area contributed by atoms with Gasteiger partial charge in [-0.25, -0.2) is 0 Å². The number of rotatable bonds is 4. The van der Waals surface area contributed by atoms with E-state index in [4.69, 9.17) is 10.5 Å². The second-order valence-corrected chi connectivity index (χ2v) is 3.03. The molecule has 64 valence electrons. The van der Waals surface area contributed by atoms with Crippen LogP contribution in [0.5, 0.6) is 0 Å². The van der Waals surface area contributed by atoms with E-state index in [-0.39, 0.29) is 12.0 Å². The fourth-order valence-corrected chi connectivity index (χ4v) is 0.947. The van der Waals surface area contributed by atoms with Crippen molar-refractivity contribution in [1.82, 2.24) is 0 Å². The van der Waals surface area contributed by atoms with Gasteiger partial charge in [0.2, 0.25) is 0 Å². The smallest absolute Gasteiger partial charge is 0.323 e. The minimum Gasteiger partial charge on any atom is -0.465 e. The highest BCUT2D eigenvalue weighted by molar-refractivity contribution is 5.76. The Morgan fingerprint density at radius 2 is 2.36 bits per heavy atom. The molecule has 0 heterocycles. The van der Waals surface area contributed by atoms with E-state index in [1.54, 1.807) is 0 Å². The quantitative estimate of drug-likeness (QED) is 0.610. The van der Waals surface area contributed by atoms with Gasteiger partial charge in [-0.3, -0.25) is 4.79 Å². The van der Waals surface area contributed by atoms with Crippen molar-refractivity contribution >= 4 is 5.97 Å². The lowest BCUT2D eigenvalue weighted by Gasteiger charge is -2.08. The molecule has 1 fully saturated rings. The topological polar surface area (TPSA) is 52.3 Å². The summed E-state index contributed by atoms with van der Waals surface area (Å²) in [7, 11) is 0. The molecule has 1 saturated carbocycles. The third kappa shape index (κ3) is 2.50. The van der Waals surface area contributed by atoms with Gasteiger partial charge < -0.3 is 10.5 Å². The Kier molecular flexibility index (Phi) is 2.88. The van der Waals surface area contributed by atoms with E-state index in [0.717, 1.165) is 19.3 Å². The van der Waals surface area contributed by atoms with Crippen LogP contribution >= 0.6 is 0 Å². The van der Waals surface area contributed by atoms with Crippen molar-refractivity contribution in [3.05, 3.63) is 0 Å². The fraction of sp³-hybridized carbons (Fsp3) is 0.875. The molecule has 0 saturated heterocycles. The molecule has 11 heavy (non-hydrogen) atoms. The Balaban J connectivity index is 2.16. The lowest BCUT2D eigenvalue weighted by molar-refractivity contribution is -0.145. The van der Waals surface area contributed by atoms with Crippen LogP contribution in [0, 0.1) is 5.92 Å². The third-order valence-electron chi connectivity index (χ3n) is 1.85. The molecule has 0 aliphatic heterocycles. The molecule has 0 spiro atoms. The van der Waals surface area contributed by atoms with Crippen molar-refractivity contribution in [2.45, 2.75) is 32.2 Å². The predicted molar refractivity (Wildman–Crippen MR) is 41.9 cm³/mol. The van der Waals surface area contributed by atoms with E-state index in [1.807, 2.05) is 6.92 Å². The van der Waals surface area contributed by atoms with Crippen LogP contribution in [0.15, 0.2) is 0 Å². The molecule has 1 unspecified atom stereocenters. The number of hydrogen-bond acceptors (Lipinski definition) is 3. The van der Waals surface area contributed by atoms with Crippen LogP contribution in [-0.2, 0) is 9.53 Å². The molecule has 1 aliphatic rings. The minimum absolute atomic E-state index is 0.227. The summed E-state index contributed by atoms with van der Waals surface area (Å²) in [6, 6.07) is -0.360. The summed E-state index contributed by atoms with van der Waals surface area (Å²) < 4.78 is 4.89. The van der Waals surface area contributed by atoms with Gasteiger partial charge in [-0.05, 0) is 25.2 Å². The Bertz CT molecular complexity index is 143. The summed E-state index contributed by atoms with van der Waals surface area (Å²) >= 11 is 0. The highest BCUT2D eigenvalue weighted by Gasteiger charge is 2.34. The van der Waals surface area contributed by atoms with E-state index in [9.17, 15) is 4.79 Å². The van der Waals surface area contributed by atoms with E-state index >= 15 is 0 Å². The second kappa shape index (κ2) is 3.72. The molecule has 0 aromatic carbocycles. The number of ether oxygens (including phenoxy) is 1. The van der Waals surface area contributed by atoms with Crippen molar-refractivity contribution < 1.29 is 9.53 Å². The monoisotopic (exact) mass is 157 g/mol. The molecule has 3 heteroatoms. The van der Waals surface area contributed by atoms with Gasteiger partial charge in [0.25, 0.3) is 0 Å². The standard InChI is InChI=1S/C8H15NO2/c1-2-5-11-8(10)7(9)6-3-4-6/h6-7H,2-5,9H2,1H3. The highest BCUT2D eigenvalue weighted by Crippen LogP contribution is 2.31. The normalized spacial score (nSPS) is 19.5. The Hall–Kier alpha value is -0.570. The first-order valence-electron chi connectivity index (χ1n) is 4.18. The molecular formula is C8H15NO2. The van der Waals surface area contributed by atoms with Gasteiger partial charge in [0, 0.05) is 0 Å². The maximum atomic E-state index is 11.0. The first-order valence-corrected chi connectivity index (χ1v) is 4.18. The molecule has 1 rings (SSSR count). The van der Waals surface area contributed by atoms with Crippen LogP contribution in [0.2, 0.25) is 0 Å². The third-order valence-corrected chi connectivity index (χ3v) is 1.85. The van der Waals surface area contributed by atoms with Gasteiger partial charge in [-0.2, -0.15) is 0 Å². The highest BCUT2D eigenvalue weighted by atomic mass is 16.5. The molecule has 0 aromatic rings. The zero-order chi connectivity index (χ0) is 8.27. The molecule has 0 radical (unpaired) electrons. The average Bonchev–Trinajstić information content (AvgIpc) is 2.81. The second-order valence-electron chi connectivity index (χ2n) is 3.03. The van der Waals surface area contributed by atoms with Crippen molar-refractivity contribution in [3.63, 3.8) is 0 Å². The first kappa shape index (κ1) is 8.53. The van der Waals surface area contributed by atoms with E-state index in [2.05, 4.69) is 0 Å². The Morgan fingerprint density at radius 1 is 1.73 bits per heavy atom. The van der Waals surface area contributed by atoms with Gasteiger partial charge in [0.1, 0.15) is 6.04 Å². The van der Waals surface area contributed by atoms with Gasteiger partial charge in [0.05, 0.1) is 6.61 Å². The number of esters is 1. The Morgan fingerprint density at radius 3 is 2.82 bits per heavy atom. The van der Waals surface area contributed by atoms with Crippen molar-refractivity contribution in [2.75, 3.05) is 6.61 Å². The maximum absolute atomic E-state index is 11.0. The van der Waals surface area contributed by atoms with E-state index in [0.29, 0.717) is 12.5 Å².